The molecule has 3 heteroatoms. The minimum atomic E-state index is 0.478. The zero-order valence-electron chi connectivity index (χ0n) is 9.99. The number of hydrogen-bond acceptors (Lipinski definition) is 2. The van der Waals surface area contributed by atoms with Gasteiger partial charge in [-0.25, -0.2) is 0 Å². The highest BCUT2D eigenvalue weighted by Gasteiger charge is 2.14. The molecule has 0 spiro atoms. The van der Waals surface area contributed by atoms with Crippen molar-refractivity contribution in [3.8, 4) is 11.1 Å². The van der Waals surface area contributed by atoms with Gasteiger partial charge in [0.05, 0.1) is 5.69 Å². The van der Waals surface area contributed by atoms with Crippen LogP contribution in [0.2, 0.25) is 0 Å². The molecule has 16 heavy (non-hydrogen) atoms. The molecule has 0 fully saturated rings. The summed E-state index contributed by atoms with van der Waals surface area (Å²) < 4.78 is 1.89. The molecule has 0 aliphatic rings. The summed E-state index contributed by atoms with van der Waals surface area (Å²) in [5.74, 6) is 0. The second-order valence-corrected chi connectivity index (χ2v) is 4.05. The van der Waals surface area contributed by atoms with Crippen molar-refractivity contribution in [3.05, 3.63) is 41.2 Å². The molecule has 0 amide bonds. The Morgan fingerprint density at radius 1 is 1.25 bits per heavy atom. The predicted octanol–water partition coefficient (Wildman–Crippen LogP) is 2.16. The maximum Gasteiger partial charge on any atom is 0.0841 e. The number of aryl methyl sites for hydroxylation is 2. The van der Waals surface area contributed by atoms with Crippen LogP contribution in [-0.4, -0.2) is 9.78 Å². The first-order valence-corrected chi connectivity index (χ1v) is 5.43. The van der Waals surface area contributed by atoms with Crippen LogP contribution in [0.3, 0.4) is 0 Å². The van der Waals surface area contributed by atoms with Crippen molar-refractivity contribution in [2.24, 2.45) is 12.8 Å². The molecule has 3 nitrogen and oxygen atoms in total. The molecule has 2 rings (SSSR count). The molecule has 0 aliphatic heterocycles. The number of aromatic nitrogens is 2. The Bertz CT molecular complexity index is 512. The van der Waals surface area contributed by atoms with Gasteiger partial charge in [-0.2, -0.15) is 5.10 Å². The molecule has 1 aromatic carbocycles. The second-order valence-electron chi connectivity index (χ2n) is 4.05. The van der Waals surface area contributed by atoms with Crippen molar-refractivity contribution < 1.29 is 0 Å². The SMILES string of the molecule is Cc1ccccc1-c1c(CN)nn(C)c1C. The lowest BCUT2D eigenvalue weighted by atomic mass is 9.99. The lowest BCUT2D eigenvalue weighted by molar-refractivity contribution is 0.721. The summed E-state index contributed by atoms with van der Waals surface area (Å²) in [7, 11) is 1.95. The molecule has 0 aliphatic carbocycles. The Morgan fingerprint density at radius 2 is 1.94 bits per heavy atom. The number of nitrogens with zero attached hydrogens (tertiary/aromatic N) is 2. The minimum absolute atomic E-state index is 0.478. The summed E-state index contributed by atoms with van der Waals surface area (Å²) in [6, 6.07) is 8.34. The lowest BCUT2D eigenvalue weighted by Crippen LogP contribution is -2.00. The average Bonchev–Trinajstić information content (AvgIpc) is 2.56. The van der Waals surface area contributed by atoms with Gasteiger partial charge < -0.3 is 5.73 Å². The van der Waals surface area contributed by atoms with E-state index in [1.807, 2.05) is 17.8 Å². The molecule has 0 saturated carbocycles. The van der Waals surface area contributed by atoms with Crippen LogP contribution in [0.25, 0.3) is 11.1 Å². The summed E-state index contributed by atoms with van der Waals surface area (Å²) in [4.78, 5) is 0. The smallest absolute Gasteiger partial charge is 0.0841 e. The van der Waals surface area contributed by atoms with Crippen LogP contribution in [0.5, 0.6) is 0 Å². The van der Waals surface area contributed by atoms with Crippen LogP contribution < -0.4 is 5.73 Å². The van der Waals surface area contributed by atoms with E-state index >= 15 is 0 Å². The molecule has 2 aromatic rings. The van der Waals surface area contributed by atoms with Crippen molar-refractivity contribution >= 4 is 0 Å². The predicted molar refractivity (Wildman–Crippen MR) is 66.0 cm³/mol. The number of nitrogens with two attached hydrogens (primary N) is 1. The zero-order chi connectivity index (χ0) is 11.7. The molecule has 0 saturated heterocycles. The molecule has 0 bridgehead atoms. The van der Waals surface area contributed by atoms with Gasteiger partial charge >= 0.3 is 0 Å². The van der Waals surface area contributed by atoms with Crippen LogP contribution in [0.1, 0.15) is 17.0 Å². The Labute approximate surface area is 95.9 Å². The van der Waals surface area contributed by atoms with Gasteiger partial charge in [-0.15, -0.1) is 0 Å². The van der Waals surface area contributed by atoms with Crippen molar-refractivity contribution in [1.29, 1.82) is 0 Å². The molecule has 0 radical (unpaired) electrons. The van der Waals surface area contributed by atoms with Crippen molar-refractivity contribution in [1.82, 2.24) is 9.78 Å². The van der Waals surface area contributed by atoms with E-state index in [-0.39, 0.29) is 0 Å². The van der Waals surface area contributed by atoms with E-state index in [0.717, 1.165) is 11.4 Å². The van der Waals surface area contributed by atoms with Gasteiger partial charge in [-0.1, -0.05) is 24.3 Å². The Balaban J connectivity index is 2.68. The van der Waals surface area contributed by atoms with E-state index in [4.69, 9.17) is 5.73 Å². The Morgan fingerprint density at radius 3 is 2.56 bits per heavy atom. The normalized spacial score (nSPS) is 10.8. The fourth-order valence-corrected chi connectivity index (χ4v) is 2.02. The van der Waals surface area contributed by atoms with Gasteiger partial charge in [-0.3, -0.25) is 4.68 Å². The number of benzene rings is 1. The molecule has 0 atom stereocenters. The third-order valence-electron chi connectivity index (χ3n) is 3.01. The summed E-state index contributed by atoms with van der Waals surface area (Å²) in [6.07, 6.45) is 0. The number of rotatable bonds is 2. The molecule has 1 heterocycles. The van der Waals surface area contributed by atoms with Gasteiger partial charge in [0.1, 0.15) is 0 Å². The highest BCUT2D eigenvalue weighted by molar-refractivity contribution is 5.71. The van der Waals surface area contributed by atoms with Crippen LogP contribution in [-0.2, 0) is 13.6 Å². The van der Waals surface area contributed by atoms with Crippen LogP contribution >= 0.6 is 0 Å². The third kappa shape index (κ3) is 1.63. The summed E-state index contributed by atoms with van der Waals surface area (Å²) in [5, 5.41) is 4.44. The van der Waals surface area contributed by atoms with E-state index in [9.17, 15) is 0 Å². The van der Waals surface area contributed by atoms with Gasteiger partial charge in [0.25, 0.3) is 0 Å². The highest BCUT2D eigenvalue weighted by atomic mass is 15.3. The quantitative estimate of drug-likeness (QED) is 0.834. The largest absolute Gasteiger partial charge is 0.325 e. The Kier molecular flexibility index (Phi) is 2.79. The standard InChI is InChI=1S/C13H17N3/c1-9-6-4-5-7-11(9)13-10(2)16(3)15-12(13)8-14/h4-7H,8,14H2,1-3H3. The minimum Gasteiger partial charge on any atom is -0.325 e. The van der Waals surface area contributed by atoms with Gasteiger partial charge in [0.15, 0.2) is 0 Å². The van der Waals surface area contributed by atoms with Crippen LogP contribution in [0.4, 0.5) is 0 Å². The van der Waals surface area contributed by atoms with Gasteiger partial charge in [-0.05, 0) is 25.0 Å². The highest BCUT2D eigenvalue weighted by Crippen LogP contribution is 2.29. The molecular formula is C13H17N3. The maximum absolute atomic E-state index is 5.74. The fourth-order valence-electron chi connectivity index (χ4n) is 2.02. The van der Waals surface area contributed by atoms with Crippen LogP contribution in [0, 0.1) is 13.8 Å². The lowest BCUT2D eigenvalue weighted by Gasteiger charge is -2.06. The van der Waals surface area contributed by atoms with Crippen molar-refractivity contribution in [2.45, 2.75) is 20.4 Å². The van der Waals surface area contributed by atoms with E-state index < -0.39 is 0 Å². The van der Waals surface area contributed by atoms with E-state index in [1.165, 1.54) is 16.7 Å². The number of hydrogen-bond donors (Lipinski definition) is 1. The van der Waals surface area contributed by atoms with E-state index in [1.54, 1.807) is 0 Å². The first kappa shape index (κ1) is 10.9. The molecule has 2 N–H and O–H groups in total. The summed E-state index contributed by atoms with van der Waals surface area (Å²) in [6.45, 7) is 4.67. The van der Waals surface area contributed by atoms with Crippen molar-refractivity contribution in [2.75, 3.05) is 0 Å². The van der Waals surface area contributed by atoms with Crippen molar-refractivity contribution in [3.63, 3.8) is 0 Å². The Hall–Kier alpha value is -1.61. The molecule has 1 aromatic heterocycles. The zero-order valence-corrected chi connectivity index (χ0v) is 9.99. The summed E-state index contributed by atoms with van der Waals surface area (Å²) >= 11 is 0. The maximum atomic E-state index is 5.74. The first-order chi connectivity index (χ1) is 7.65. The summed E-state index contributed by atoms with van der Waals surface area (Å²) in [5.41, 5.74) is 11.5. The van der Waals surface area contributed by atoms with Gasteiger partial charge in [0, 0.05) is 24.8 Å². The molecular weight excluding hydrogens is 198 g/mol. The first-order valence-electron chi connectivity index (χ1n) is 5.43. The third-order valence-corrected chi connectivity index (χ3v) is 3.01. The topological polar surface area (TPSA) is 43.8 Å². The fraction of sp³-hybridized carbons (Fsp3) is 0.308. The van der Waals surface area contributed by atoms with E-state index in [0.29, 0.717) is 6.54 Å². The monoisotopic (exact) mass is 215 g/mol. The second kappa shape index (κ2) is 4.10. The average molecular weight is 215 g/mol. The van der Waals surface area contributed by atoms with E-state index in [2.05, 4.69) is 37.1 Å². The molecule has 84 valence electrons. The van der Waals surface area contributed by atoms with Gasteiger partial charge in [0.2, 0.25) is 0 Å². The molecule has 0 unspecified atom stereocenters. The van der Waals surface area contributed by atoms with Crippen LogP contribution in [0.15, 0.2) is 24.3 Å².